The van der Waals surface area contributed by atoms with Gasteiger partial charge in [-0.3, -0.25) is 4.79 Å². The summed E-state index contributed by atoms with van der Waals surface area (Å²) in [4.78, 5) is 12.0. The molecule has 1 saturated carbocycles. The highest BCUT2D eigenvalue weighted by atomic mass is 16.5. The van der Waals surface area contributed by atoms with Crippen LogP contribution in [0.3, 0.4) is 0 Å². The summed E-state index contributed by atoms with van der Waals surface area (Å²) in [6.07, 6.45) is 5.35. The van der Waals surface area contributed by atoms with E-state index in [9.17, 15) is 4.79 Å². The van der Waals surface area contributed by atoms with Crippen molar-refractivity contribution in [3.63, 3.8) is 0 Å². The molecule has 88 valence electrons. The number of rotatable bonds is 4. The van der Waals surface area contributed by atoms with Crippen molar-refractivity contribution in [2.24, 2.45) is 11.3 Å². The summed E-state index contributed by atoms with van der Waals surface area (Å²) in [6, 6.07) is 0. The number of esters is 1. The molecule has 1 fully saturated rings. The molecule has 0 aromatic carbocycles. The maximum absolute atomic E-state index is 12.0. The number of ether oxygens (including phenoxy) is 1. The first-order valence-electron chi connectivity index (χ1n) is 6.20. The molecule has 1 atom stereocenters. The van der Waals surface area contributed by atoms with Gasteiger partial charge in [-0.15, -0.1) is 0 Å². The SMILES string of the molecule is CCC(OC(=O)C1(C)CCCC1)C(C)C. The second-order valence-corrected chi connectivity index (χ2v) is 5.36. The zero-order chi connectivity index (χ0) is 11.5. The molecule has 0 bridgehead atoms. The van der Waals surface area contributed by atoms with Crippen LogP contribution in [0.1, 0.15) is 59.8 Å². The fraction of sp³-hybridized carbons (Fsp3) is 0.923. The lowest BCUT2D eigenvalue weighted by molar-refractivity contribution is -0.162. The molecule has 2 heteroatoms. The molecule has 15 heavy (non-hydrogen) atoms. The van der Waals surface area contributed by atoms with Gasteiger partial charge in [0.1, 0.15) is 6.10 Å². The standard InChI is InChI=1S/C13H24O2/c1-5-11(10(2)3)15-12(14)13(4)8-6-7-9-13/h10-11H,5-9H2,1-4H3. The van der Waals surface area contributed by atoms with E-state index in [1.807, 2.05) is 0 Å². The summed E-state index contributed by atoms with van der Waals surface area (Å²) in [7, 11) is 0. The van der Waals surface area contributed by atoms with E-state index in [0.717, 1.165) is 19.3 Å². The smallest absolute Gasteiger partial charge is 0.312 e. The Balaban J connectivity index is 2.53. The number of hydrogen-bond acceptors (Lipinski definition) is 2. The molecule has 1 aliphatic carbocycles. The van der Waals surface area contributed by atoms with E-state index in [-0.39, 0.29) is 17.5 Å². The predicted molar refractivity (Wildman–Crippen MR) is 61.6 cm³/mol. The molecule has 1 aliphatic rings. The van der Waals surface area contributed by atoms with Crippen LogP contribution in [0.5, 0.6) is 0 Å². The molecule has 0 heterocycles. The van der Waals surface area contributed by atoms with Crippen molar-refractivity contribution in [1.29, 1.82) is 0 Å². The lowest BCUT2D eigenvalue weighted by Gasteiger charge is -2.27. The Morgan fingerprint density at radius 3 is 2.27 bits per heavy atom. The average Bonchev–Trinajstić information content (AvgIpc) is 2.61. The van der Waals surface area contributed by atoms with Crippen LogP contribution >= 0.6 is 0 Å². The third kappa shape index (κ3) is 2.96. The molecule has 0 aromatic heterocycles. The monoisotopic (exact) mass is 212 g/mol. The highest BCUT2D eigenvalue weighted by molar-refractivity contribution is 5.76. The van der Waals surface area contributed by atoms with Crippen molar-refractivity contribution < 1.29 is 9.53 Å². The third-order valence-electron chi connectivity index (χ3n) is 3.60. The first-order chi connectivity index (χ1) is 6.99. The van der Waals surface area contributed by atoms with Crippen LogP contribution in [0.4, 0.5) is 0 Å². The number of carbonyl (C=O) groups is 1. The van der Waals surface area contributed by atoms with E-state index >= 15 is 0 Å². The molecule has 1 rings (SSSR count). The van der Waals surface area contributed by atoms with Gasteiger partial charge in [-0.1, -0.05) is 33.6 Å². The zero-order valence-corrected chi connectivity index (χ0v) is 10.5. The van der Waals surface area contributed by atoms with E-state index in [1.165, 1.54) is 12.8 Å². The highest BCUT2D eigenvalue weighted by Crippen LogP contribution is 2.39. The Morgan fingerprint density at radius 2 is 1.87 bits per heavy atom. The molecule has 0 N–H and O–H groups in total. The van der Waals surface area contributed by atoms with Gasteiger partial charge in [-0.25, -0.2) is 0 Å². The van der Waals surface area contributed by atoms with E-state index in [2.05, 4.69) is 27.7 Å². The summed E-state index contributed by atoms with van der Waals surface area (Å²) < 4.78 is 5.61. The molecule has 0 spiro atoms. The Labute approximate surface area is 93.4 Å². The molecular weight excluding hydrogens is 188 g/mol. The van der Waals surface area contributed by atoms with Crippen molar-refractivity contribution in [2.75, 3.05) is 0 Å². The molecular formula is C13H24O2. The van der Waals surface area contributed by atoms with E-state index in [0.29, 0.717) is 5.92 Å². The minimum Gasteiger partial charge on any atom is -0.462 e. The van der Waals surface area contributed by atoms with Crippen molar-refractivity contribution in [1.82, 2.24) is 0 Å². The van der Waals surface area contributed by atoms with Gasteiger partial charge in [-0.2, -0.15) is 0 Å². The summed E-state index contributed by atoms with van der Waals surface area (Å²) >= 11 is 0. The quantitative estimate of drug-likeness (QED) is 0.666. The van der Waals surface area contributed by atoms with Gasteiger partial charge in [0, 0.05) is 0 Å². The molecule has 1 unspecified atom stereocenters. The van der Waals surface area contributed by atoms with Crippen molar-refractivity contribution in [2.45, 2.75) is 65.9 Å². The maximum atomic E-state index is 12.0. The topological polar surface area (TPSA) is 26.3 Å². The summed E-state index contributed by atoms with van der Waals surface area (Å²) in [6.45, 7) is 8.35. The Hall–Kier alpha value is -0.530. The molecule has 0 aromatic rings. The number of carbonyl (C=O) groups excluding carboxylic acids is 1. The van der Waals surface area contributed by atoms with Crippen molar-refractivity contribution in [3.05, 3.63) is 0 Å². The largest absolute Gasteiger partial charge is 0.462 e. The average molecular weight is 212 g/mol. The van der Waals surface area contributed by atoms with Gasteiger partial charge in [0.05, 0.1) is 5.41 Å². The van der Waals surface area contributed by atoms with E-state index in [1.54, 1.807) is 0 Å². The summed E-state index contributed by atoms with van der Waals surface area (Å²) in [5.41, 5.74) is -0.192. The number of hydrogen-bond donors (Lipinski definition) is 0. The van der Waals surface area contributed by atoms with Crippen molar-refractivity contribution >= 4 is 5.97 Å². The van der Waals surface area contributed by atoms with Gasteiger partial charge in [-0.05, 0) is 32.1 Å². The van der Waals surface area contributed by atoms with Gasteiger partial charge >= 0.3 is 5.97 Å². The minimum absolute atomic E-state index is 0.0283. The Bertz CT molecular complexity index is 215. The first kappa shape index (κ1) is 12.5. The lowest BCUT2D eigenvalue weighted by Crippen LogP contribution is -2.32. The van der Waals surface area contributed by atoms with Gasteiger partial charge < -0.3 is 4.74 Å². The van der Waals surface area contributed by atoms with Gasteiger partial charge in [0.15, 0.2) is 0 Å². The second kappa shape index (κ2) is 5.00. The van der Waals surface area contributed by atoms with E-state index in [4.69, 9.17) is 4.74 Å². The van der Waals surface area contributed by atoms with Crippen LogP contribution in [0.15, 0.2) is 0 Å². The molecule has 2 nitrogen and oxygen atoms in total. The highest BCUT2D eigenvalue weighted by Gasteiger charge is 2.38. The molecule has 0 saturated heterocycles. The van der Waals surface area contributed by atoms with Crippen LogP contribution in [-0.2, 0) is 9.53 Å². The third-order valence-corrected chi connectivity index (χ3v) is 3.60. The first-order valence-corrected chi connectivity index (χ1v) is 6.20. The zero-order valence-electron chi connectivity index (χ0n) is 10.5. The van der Waals surface area contributed by atoms with Crippen LogP contribution < -0.4 is 0 Å². The van der Waals surface area contributed by atoms with Crippen LogP contribution in [0, 0.1) is 11.3 Å². The fourth-order valence-electron chi connectivity index (χ4n) is 2.33. The van der Waals surface area contributed by atoms with Crippen molar-refractivity contribution in [3.8, 4) is 0 Å². The van der Waals surface area contributed by atoms with E-state index < -0.39 is 0 Å². The molecule has 0 radical (unpaired) electrons. The minimum atomic E-state index is -0.192. The van der Waals surface area contributed by atoms with Gasteiger partial charge in [0.2, 0.25) is 0 Å². The molecule has 0 aliphatic heterocycles. The Kier molecular flexibility index (Phi) is 4.18. The summed E-state index contributed by atoms with van der Waals surface area (Å²) in [5.74, 6) is 0.449. The van der Waals surface area contributed by atoms with Crippen LogP contribution in [0.2, 0.25) is 0 Å². The fourth-order valence-corrected chi connectivity index (χ4v) is 2.33. The van der Waals surface area contributed by atoms with Crippen LogP contribution in [0.25, 0.3) is 0 Å². The second-order valence-electron chi connectivity index (χ2n) is 5.36. The Morgan fingerprint density at radius 1 is 1.33 bits per heavy atom. The maximum Gasteiger partial charge on any atom is 0.312 e. The summed E-state index contributed by atoms with van der Waals surface area (Å²) in [5, 5.41) is 0. The van der Waals surface area contributed by atoms with Gasteiger partial charge in [0.25, 0.3) is 0 Å². The van der Waals surface area contributed by atoms with Crippen LogP contribution in [-0.4, -0.2) is 12.1 Å². The predicted octanol–water partition coefficient (Wildman–Crippen LogP) is 3.54. The normalized spacial score (nSPS) is 21.7. The molecule has 0 amide bonds. The lowest BCUT2D eigenvalue weighted by atomic mass is 9.89.